The van der Waals surface area contributed by atoms with Crippen molar-refractivity contribution < 1.29 is 14.9 Å². The molecule has 1 N–H and O–H groups in total. The summed E-state index contributed by atoms with van der Waals surface area (Å²) in [5.74, 6) is 0. The van der Waals surface area contributed by atoms with Gasteiger partial charge in [0.05, 0.1) is 0 Å². The molecule has 0 spiro atoms. The lowest BCUT2D eigenvalue weighted by molar-refractivity contribution is -0.410. The van der Waals surface area contributed by atoms with E-state index in [-0.39, 0.29) is 0 Å². The van der Waals surface area contributed by atoms with Crippen LogP contribution in [0, 0.1) is 0 Å². The first-order valence-corrected chi connectivity index (χ1v) is 7.34. The molecule has 0 aromatic heterocycles. The van der Waals surface area contributed by atoms with E-state index in [1.807, 2.05) is 88.4 Å². The largest absolute Gasteiger partial charge is 0.400 e. The second-order valence-electron chi connectivity index (χ2n) is 5.92. The molecule has 0 aliphatic carbocycles. The SMILES string of the molecule is CC(C)(OOC(C)(C)c1ccccc1)c1ccccc1.CO. The van der Waals surface area contributed by atoms with Gasteiger partial charge in [0.2, 0.25) is 0 Å². The molecule has 22 heavy (non-hydrogen) atoms. The number of aliphatic hydroxyl groups is 1. The van der Waals surface area contributed by atoms with Gasteiger partial charge in [0, 0.05) is 7.11 Å². The summed E-state index contributed by atoms with van der Waals surface area (Å²) in [6.45, 7) is 8.01. The first-order chi connectivity index (χ1) is 10.4. The Morgan fingerprint density at radius 2 is 0.864 bits per heavy atom. The van der Waals surface area contributed by atoms with Crippen molar-refractivity contribution in [3.05, 3.63) is 71.8 Å². The van der Waals surface area contributed by atoms with E-state index < -0.39 is 11.2 Å². The summed E-state index contributed by atoms with van der Waals surface area (Å²) in [6, 6.07) is 20.2. The Balaban J connectivity index is 0.00000116. The van der Waals surface area contributed by atoms with Gasteiger partial charge in [-0.05, 0) is 38.8 Å². The third-order valence-corrected chi connectivity index (χ3v) is 3.40. The van der Waals surface area contributed by atoms with Gasteiger partial charge in [0.25, 0.3) is 0 Å². The Bertz CT molecular complexity index is 482. The minimum absolute atomic E-state index is 0.493. The molecule has 0 radical (unpaired) electrons. The number of aliphatic hydroxyl groups excluding tert-OH is 1. The average molecular weight is 302 g/mol. The topological polar surface area (TPSA) is 38.7 Å². The van der Waals surface area contributed by atoms with Gasteiger partial charge in [-0.15, -0.1) is 0 Å². The fourth-order valence-electron chi connectivity index (χ4n) is 1.98. The first kappa shape index (κ1) is 18.4. The van der Waals surface area contributed by atoms with Gasteiger partial charge >= 0.3 is 0 Å². The molecule has 2 aromatic carbocycles. The van der Waals surface area contributed by atoms with Crippen LogP contribution in [0.15, 0.2) is 60.7 Å². The highest BCUT2D eigenvalue weighted by atomic mass is 17.2. The molecule has 0 aliphatic rings. The summed E-state index contributed by atoms with van der Waals surface area (Å²) in [7, 11) is 1.00. The van der Waals surface area contributed by atoms with Crippen LogP contribution in [-0.4, -0.2) is 12.2 Å². The van der Waals surface area contributed by atoms with Gasteiger partial charge in [-0.1, -0.05) is 60.7 Å². The van der Waals surface area contributed by atoms with Crippen molar-refractivity contribution in [3.8, 4) is 0 Å². The van der Waals surface area contributed by atoms with Crippen molar-refractivity contribution in [1.29, 1.82) is 0 Å². The molecule has 3 heteroatoms. The second-order valence-corrected chi connectivity index (χ2v) is 5.92. The number of rotatable bonds is 5. The van der Waals surface area contributed by atoms with Crippen LogP contribution in [0.1, 0.15) is 38.8 Å². The van der Waals surface area contributed by atoms with E-state index >= 15 is 0 Å². The summed E-state index contributed by atoms with van der Waals surface area (Å²) in [6.07, 6.45) is 0. The molecule has 0 aliphatic heterocycles. The summed E-state index contributed by atoms with van der Waals surface area (Å²) in [5.41, 5.74) is 1.19. The van der Waals surface area contributed by atoms with Crippen molar-refractivity contribution in [2.24, 2.45) is 0 Å². The van der Waals surface area contributed by atoms with Crippen LogP contribution in [0.2, 0.25) is 0 Å². The minimum atomic E-state index is -0.493. The van der Waals surface area contributed by atoms with Crippen LogP contribution < -0.4 is 0 Å². The maximum Gasteiger partial charge on any atom is 0.123 e. The van der Waals surface area contributed by atoms with Crippen LogP contribution in [0.3, 0.4) is 0 Å². The zero-order valence-corrected chi connectivity index (χ0v) is 14.0. The molecule has 0 bridgehead atoms. The summed E-state index contributed by atoms with van der Waals surface area (Å²) in [4.78, 5) is 11.5. The lowest BCUT2D eigenvalue weighted by atomic mass is 9.98. The zero-order chi connectivity index (χ0) is 16.6. The van der Waals surface area contributed by atoms with Crippen LogP contribution in [0.4, 0.5) is 0 Å². The first-order valence-electron chi connectivity index (χ1n) is 7.34. The smallest absolute Gasteiger partial charge is 0.123 e. The predicted octanol–water partition coefficient (Wildman–Crippen LogP) is 4.41. The fourth-order valence-corrected chi connectivity index (χ4v) is 1.98. The molecular formula is C19H26O3. The number of benzene rings is 2. The lowest BCUT2D eigenvalue weighted by Crippen LogP contribution is -2.29. The van der Waals surface area contributed by atoms with E-state index in [0.717, 1.165) is 18.2 Å². The summed E-state index contributed by atoms with van der Waals surface area (Å²) in [5, 5.41) is 7.00. The zero-order valence-electron chi connectivity index (χ0n) is 14.0. The van der Waals surface area contributed by atoms with E-state index in [9.17, 15) is 0 Å². The molecule has 0 fully saturated rings. The fraction of sp³-hybridized carbons (Fsp3) is 0.368. The molecule has 0 amide bonds. The van der Waals surface area contributed by atoms with E-state index in [2.05, 4.69) is 0 Å². The molecule has 3 nitrogen and oxygen atoms in total. The van der Waals surface area contributed by atoms with Crippen molar-refractivity contribution in [1.82, 2.24) is 0 Å². The van der Waals surface area contributed by atoms with Gasteiger partial charge in [-0.3, -0.25) is 0 Å². The molecule has 2 rings (SSSR count). The second kappa shape index (κ2) is 8.08. The Kier molecular flexibility index (Phi) is 6.75. The average Bonchev–Trinajstić information content (AvgIpc) is 2.57. The van der Waals surface area contributed by atoms with Gasteiger partial charge < -0.3 is 5.11 Å². The van der Waals surface area contributed by atoms with Crippen molar-refractivity contribution in [2.45, 2.75) is 38.9 Å². The maximum absolute atomic E-state index is 7.00. The number of hydrogen-bond acceptors (Lipinski definition) is 3. The molecule has 2 aromatic rings. The lowest BCUT2D eigenvalue weighted by Gasteiger charge is -2.31. The Morgan fingerprint density at radius 3 is 1.14 bits per heavy atom. The van der Waals surface area contributed by atoms with Gasteiger partial charge in [0.15, 0.2) is 0 Å². The van der Waals surface area contributed by atoms with Crippen LogP contribution >= 0.6 is 0 Å². The standard InChI is InChI=1S/C18H22O2.CH4O/c1-17(2,15-11-7-5-8-12-15)19-20-18(3,4)16-13-9-6-10-14-16;1-2/h5-14H,1-4H3;2H,1H3. The van der Waals surface area contributed by atoms with Crippen LogP contribution in [0.5, 0.6) is 0 Å². The molecule has 0 atom stereocenters. The highest BCUT2D eigenvalue weighted by Gasteiger charge is 2.29. The van der Waals surface area contributed by atoms with E-state index in [0.29, 0.717) is 0 Å². The van der Waals surface area contributed by atoms with E-state index in [1.54, 1.807) is 0 Å². The quantitative estimate of drug-likeness (QED) is 0.656. The Labute approximate surface area is 133 Å². The molecule has 0 saturated carbocycles. The minimum Gasteiger partial charge on any atom is -0.400 e. The Hall–Kier alpha value is -1.68. The highest BCUT2D eigenvalue weighted by molar-refractivity contribution is 5.22. The van der Waals surface area contributed by atoms with Crippen LogP contribution in [-0.2, 0) is 21.0 Å². The van der Waals surface area contributed by atoms with Gasteiger partial charge in [-0.2, -0.15) is 0 Å². The molecule has 0 unspecified atom stereocenters. The third-order valence-electron chi connectivity index (χ3n) is 3.40. The van der Waals surface area contributed by atoms with E-state index in [1.165, 1.54) is 0 Å². The molecule has 0 heterocycles. The van der Waals surface area contributed by atoms with Crippen molar-refractivity contribution in [3.63, 3.8) is 0 Å². The number of hydrogen-bond donors (Lipinski definition) is 1. The predicted molar refractivity (Wildman–Crippen MR) is 89.2 cm³/mol. The third kappa shape index (κ3) is 4.95. The maximum atomic E-state index is 7.00. The normalized spacial score (nSPS) is 11.5. The monoisotopic (exact) mass is 302 g/mol. The molecular weight excluding hydrogens is 276 g/mol. The van der Waals surface area contributed by atoms with E-state index in [4.69, 9.17) is 14.9 Å². The van der Waals surface area contributed by atoms with Crippen molar-refractivity contribution >= 4 is 0 Å². The van der Waals surface area contributed by atoms with Gasteiger partial charge in [-0.25, -0.2) is 9.78 Å². The van der Waals surface area contributed by atoms with Gasteiger partial charge in [0.1, 0.15) is 11.2 Å². The van der Waals surface area contributed by atoms with Crippen LogP contribution in [0.25, 0.3) is 0 Å². The Morgan fingerprint density at radius 1 is 0.591 bits per heavy atom. The molecule has 0 saturated heterocycles. The molecule has 120 valence electrons. The van der Waals surface area contributed by atoms with Crippen molar-refractivity contribution in [2.75, 3.05) is 7.11 Å². The highest BCUT2D eigenvalue weighted by Crippen LogP contribution is 2.31. The summed E-state index contributed by atoms with van der Waals surface area (Å²) >= 11 is 0. The summed E-state index contributed by atoms with van der Waals surface area (Å²) < 4.78 is 0.